The number of aryl methyl sites for hydroxylation is 2. The molecule has 124 valence electrons. The van der Waals surface area contributed by atoms with E-state index in [2.05, 4.69) is 12.2 Å². The summed E-state index contributed by atoms with van der Waals surface area (Å²) in [5, 5.41) is 2.92. The number of amides is 2. The lowest BCUT2D eigenvalue weighted by Crippen LogP contribution is -2.28. The van der Waals surface area contributed by atoms with E-state index in [1.54, 1.807) is 4.90 Å². The van der Waals surface area contributed by atoms with Crippen LogP contribution in [0.25, 0.3) is 0 Å². The molecule has 0 aromatic heterocycles. The fraction of sp³-hybridized carbons (Fsp3) is 0.300. The van der Waals surface area contributed by atoms with Crippen LogP contribution in [-0.2, 0) is 16.0 Å². The average Bonchev–Trinajstić information content (AvgIpc) is 2.97. The van der Waals surface area contributed by atoms with Crippen LogP contribution in [0, 0.1) is 12.8 Å². The van der Waals surface area contributed by atoms with Crippen LogP contribution in [0.2, 0.25) is 0 Å². The molecule has 24 heavy (non-hydrogen) atoms. The van der Waals surface area contributed by atoms with Crippen molar-refractivity contribution in [2.75, 3.05) is 16.8 Å². The van der Waals surface area contributed by atoms with Crippen molar-refractivity contribution in [1.82, 2.24) is 0 Å². The number of anilines is 2. The predicted molar refractivity (Wildman–Crippen MR) is 96.1 cm³/mol. The lowest BCUT2D eigenvalue weighted by molar-refractivity contribution is -0.122. The molecule has 1 aliphatic heterocycles. The van der Waals surface area contributed by atoms with Crippen molar-refractivity contribution in [3.8, 4) is 0 Å². The lowest BCUT2D eigenvalue weighted by atomic mass is 10.1. The first-order chi connectivity index (χ1) is 11.6. The van der Waals surface area contributed by atoms with Crippen LogP contribution in [0.15, 0.2) is 48.5 Å². The van der Waals surface area contributed by atoms with Gasteiger partial charge >= 0.3 is 0 Å². The first-order valence-corrected chi connectivity index (χ1v) is 8.33. The normalized spacial score (nSPS) is 17.2. The minimum atomic E-state index is -0.316. The number of hydrogen-bond donors (Lipinski definition) is 1. The monoisotopic (exact) mass is 322 g/mol. The molecule has 0 bridgehead atoms. The van der Waals surface area contributed by atoms with Crippen LogP contribution in [0.4, 0.5) is 11.4 Å². The Bertz CT molecular complexity index is 752. The van der Waals surface area contributed by atoms with E-state index >= 15 is 0 Å². The Hall–Kier alpha value is -2.62. The van der Waals surface area contributed by atoms with Crippen molar-refractivity contribution < 1.29 is 9.59 Å². The zero-order valence-corrected chi connectivity index (χ0v) is 14.1. The molecule has 1 atom stereocenters. The van der Waals surface area contributed by atoms with Gasteiger partial charge in [-0.2, -0.15) is 0 Å². The maximum Gasteiger partial charge on any atom is 0.229 e. The topological polar surface area (TPSA) is 49.4 Å². The van der Waals surface area contributed by atoms with Gasteiger partial charge in [0.2, 0.25) is 11.8 Å². The van der Waals surface area contributed by atoms with Gasteiger partial charge in [0, 0.05) is 24.3 Å². The molecule has 1 heterocycles. The van der Waals surface area contributed by atoms with Gasteiger partial charge in [-0.3, -0.25) is 9.59 Å². The maximum atomic E-state index is 12.5. The molecule has 2 aromatic carbocycles. The summed E-state index contributed by atoms with van der Waals surface area (Å²) in [6.45, 7) is 4.51. The number of hydrogen-bond acceptors (Lipinski definition) is 2. The fourth-order valence-corrected chi connectivity index (χ4v) is 3.01. The molecule has 1 fully saturated rings. The quantitative estimate of drug-likeness (QED) is 0.936. The second-order valence-corrected chi connectivity index (χ2v) is 6.28. The van der Waals surface area contributed by atoms with Crippen molar-refractivity contribution in [1.29, 1.82) is 0 Å². The van der Waals surface area contributed by atoms with Crippen molar-refractivity contribution in [3.63, 3.8) is 0 Å². The number of nitrogens with one attached hydrogen (secondary N) is 1. The Kier molecular flexibility index (Phi) is 4.65. The average molecular weight is 322 g/mol. The van der Waals surface area contributed by atoms with E-state index < -0.39 is 0 Å². The van der Waals surface area contributed by atoms with Crippen molar-refractivity contribution in [2.45, 2.75) is 26.7 Å². The zero-order chi connectivity index (χ0) is 17.1. The Morgan fingerprint density at radius 2 is 1.96 bits per heavy atom. The van der Waals surface area contributed by atoms with Crippen LogP contribution in [0.5, 0.6) is 0 Å². The van der Waals surface area contributed by atoms with E-state index in [1.807, 2.05) is 55.5 Å². The molecule has 2 aromatic rings. The van der Waals surface area contributed by atoms with Gasteiger partial charge in [-0.15, -0.1) is 0 Å². The highest BCUT2D eigenvalue weighted by atomic mass is 16.2. The lowest BCUT2D eigenvalue weighted by Gasteiger charge is -2.17. The molecule has 1 aliphatic rings. The number of nitrogens with zero attached hydrogens (tertiary/aromatic N) is 1. The molecule has 0 aliphatic carbocycles. The second kappa shape index (κ2) is 6.87. The third kappa shape index (κ3) is 3.48. The van der Waals surface area contributed by atoms with E-state index in [9.17, 15) is 9.59 Å². The van der Waals surface area contributed by atoms with Crippen molar-refractivity contribution in [2.24, 2.45) is 5.92 Å². The van der Waals surface area contributed by atoms with Gasteiger partial charge in [0.25, 0.3) is 0 Å². The van der Waals surface area contributed by atoms with Gasteiger partial charge in [-0.05, 0) is 48.7 Å². The molecule has 1 N–H and O–H groups in total. The third-order valence-electron chi connectivity index (χ3n) is 4.44. The van der Waals surface area contributed by atoms with Crippen LogP contribution >= 0.6 is 0 Å². The zero-order valence-electron chi connectivity index (χ0n) is 14.1. The SMILES string of the molecule is CCc1ccc(N2C[C@H](C(=O)Nc3cccc(C)c3)CC2=O)cc1. The molecule has 0 unspecified atom stereocenters. The Balaban J connectivity index is 1.68. The molecule has 0 spiro atoms. The minimum absolute atomic E-state index is 0.00337. The summed E-state index contributed by atoms with van der Waals surface area (Å²) >= 11 is 0. The second-order valence-electron chi connectivity index (χ2n) is 6.28. The van der Waals surface area contributed by atoms with Crippen molar-refractivity contribution >= 4 is 23.2 Å². The van der Waals surface area contributed by atoms with E-state index in [0.29, 0.717) is 6.54 Å². The van der Waals surface area contributed by atoms with Crippen LogP contribution in [0.1, 0.15) is 24.5 Å². The van der Waals surface area contributed by atoms with Crippen LogP contribution in [0.3, 0.4) is 0 Å². The van der Waals surface area contributed by atoms with Gasteiger partial charge in [0.1, 0.15) is 0 Å². The standard InChI is InChI=1S/C20H22N2O2/c1-3-15-7-9-18(10-8-15)22-13-16(12-19(22)23)20(24)21-17-6-4-5-14(2)11-17/h4-11,16H,3,12-13H2,1-2H3,(H,21,24)/t16-/m1/s1. The summed E-state index contributed by atoms with van der Waals surface area (Å²) < 4.78 is 0. The number of benzene rings is 2. The Labute approximate surface area is 142 Å². The number of rotatable bonds is 4. The van der Waals surface area contributed by atoms with Gasteiger partial charge in [-0.25, -0.2) is 0 Å². The number of carbonyl (C=O) groups is 2. The molecule has 4 nitrogen and oxygen atoms in total. The Morgan fingerprint density at radius 3 is 2.62 bits per heavy atom. The van der Waals surface area contributed by atoms with E-state index in [0.717, 1.165) is 23.4 Å². The molecule has 0 saturated carbocycles. The molecule has 2 amide bonds. The number of carbonyl (C=O) groups excluding carboxylic acids is 2. The van der Waals surface area contributed by atoms with E-state index in [4.69, 9.17) is 0 Å². The smallest absolute Gasteiger partial charge is 0.229 e. The van der Waals surface area contributed by atoms with Crippen LogP contribution in [-0.4, -0.2) is 18.4 Å². The van der Waals surface area contributed by atoms with Gasteiger partial charge in [0.05, 0.1) is 5.92 Å². The van der Waals surface area contributed by atoms with E-state index in [1.165, 1.54) is 5.56 Å². The molecule has 4 heteroatoms. The van der Waals surface area contributed by atoms with Gasteiger partial charge in [0.15, 0.2) is 0 Å². The largest absolute Gasteiger partial charge is 0.326 e. The molecule has 0 radical (unpaired) electrons. The first kappa shape index (κ1) is 16.2. The summed E-state index contributed by atoms with van der Waals surface area (Å²) in [6, 6.07) is 15.7. The molecule has 3 rings (SSSR count). The van der Waals surface area contributed by atoms with Gasteiger partial charge in [-0.1, -0.05) is 31.2 Å². The summed E-state index contributed by atoms with van der Waals surface area (Å²) in [5.74, 6) is -0.408. The Morgan fingerprint density at radius 1 is 1.21 bits per heavy atom. The predicted octanol–water partition coefficient (Wildman–Crippen LogP) is 3.55. The third-order valence-corrected chi connectivity index (χ3v) is 4.44. The van der Waals surface area contributed by atoms with Crippen molar-refractivity contribution in [3.05, 3.63) is 59.7 Å². The van der Waals surface area contributed by atoms with Gasteiger partial charge < -0.3 is 10.2 Å². The minimum Gasteiger partial charge on any atom is -0.326 e. The summed E-state index contributed by atoms with van der Waals surface area (Å²) in [6.07, 6.45) is 1.23. The molecular weight excluding hydrogens is 300 g/mol. The highest BCUT2D eigenvalue weighted by Crippen LogP contribution is 2.26. The molecular formula is C20H22N2O2. The highest BCUT2D eigenvalue weighted by molar-refractivity contribution is 6.03. The van der Waals surface area contributed by atoms with Crippen LogP contribution < -0.4 is 10.2 Å². The summed E-state index contributed by atoms with van der Waals surface area (Å²) in [7, 11) is 0. The maximum absolute atomic E-state index is 12.5. The summed E-state index contributed by atoms with van der Waals surface area (Å²) in [5.41, 5.74) is 3.97. The molecule has 1 saturated heterocycles. The summed E-state index contributed by atoms with van der Waals surface area (Å²) in [4.78, 5) is 26.5. The fourth-order valence-electron chi connectivity index (χ4n) is 3.01. The highest BCUT2D eigenvalue weighted by Gasteiger charge is 2.35. The first-order valence-electron chi connectivity index (χ1n) is 8.33. The van der Waals surface area contributed by atoms with E-state index in [-0.39, 0.29) is 24.2 Å².